The van der Waals surface area contributed by atoms with Crippen LogP contribution in [0.4, 0.5) is 0 Å². The highest BCUT2D eigenvalue weighted by Crippen LogP contribution is 2.25. The number of aromatic nitrogens is 1. The van der Waals surface area contributed by atoms with Crippen molar-refractivity contribution < 1.29 is 0 Å². The van der Waals surface area contributed by atoms with Crippen LogP contribution in [0.1, 0.15) is 37.4 Å². The number of rotatable bonds is 9. The summed E-state index contributed by atoms with van der Waals surface area (Å²) in [6.07, 6.45) is 3.67. The lowest BCUT2D eigenvalue weighted by atomic mass is 10.3. The molecule has 2 rings (SSSR count). The Morgan fingerprint density at radius 3 is 2.74 bits per heavy atom. The molecule has 1 aromatic rings. The van der Waals surface area contributed by atoms with Crippen LogP contribution in [-0.2, 0) is 6.42 Å². The maximum absolute atomic E-state index is 4.68. The summed E-state index contributed by atoms with van der Waals surface area (Å²) in [7, 11) is 0. The van der Waals surface area contributed by atoms with Gasteiger partial charge in [-0.15, -0.1) is 35.3 Å². The number of hydrogen-bond donors (Lipinski definition) is 2. The molecular formula is C16H30IN5S. The van der Waals surface area contributed by atoms with E-state index in [-0.39, 0.29) is 24.0 Å². The predicted molar refractivity (Wildman–Crippen MR) is 110 cm³/mol. The van der Waals surface area contributed by atoms with Gasteiger partial charge in [0.1, 0.15) is 0 Å². The molecule has 0 radical (unpaired) electrons. The number of nitrogens with zero attached hydrogens (tertiary/aromatic N) is 3. The van der Waals surface area contributed by atoms with E-state index in [9.17, 15) is 0 Å². The Labute approximate surface area is 161 Å². The number of aryl methyl sites for hydroxylation is 1. The van der Waals surface area contributed by atoms with Gasteiger partial charge in [0.25, 0.3) is 0 Å². The minimum Gasteiger partial charge on any atom is -0.357 e. The molecule has 0 amide bonds. The van der Waals surface area contributed by atoms with E-state index in [0.717, 1.165) is 61.8 Å². The first-order chi connectivity index (χ1) is 10.7. The predicted octanol–water partition coefficient (Wildman–Crippen LogP) is 2.65. The molecule has 0 atom stereocenters. The summed E-state index contributed by atoms with van der Waals surface area (Å²) in [6, 6.07) is 0.823. The average Bonchev–Trinajstić information content (AvgIpc) is 3.26. The summed E-state index contributed by atoms with van der Waals surface area (Å²) in [5, 5.41) is 9.98. The molecule has 132 valence electrons. The quantitative estimate of drug-likeness (QED) is 0.345. The molecule has 1 fully saturated rings. The van der Waals surface area contributed by atoms with Crippen LogP contribution in [0.5, 0.6) is 0 Å². The zero-order chi connectivity index (χ0) is 15.8. The van der Waals surface area contributed by atoms with Crippen molar-refractivity contribution in [3.8, 4) is 0 Å². The van der Waals surface area contributed by atoms with Gasteiger partial charge >= 0.3 is 0 Å². The number of hydrogen-bond acceptors (Lipinski definition) is 4. The molecule has 0 unspecified atom stereocenters. The van der Waals surface area contributed by atoms with E-state index < -0.39 is 0 Å². The van der Waals surface area contributed by atoms with E-state index in [4.69, 9.17) is 0 Å². The van der Waals surface area contributed by atoms with Gasteiger partial charge in [-0.2, -0.15) is 0 Å². The summed E-state index contributed by atoms with van der Waals surface area (Å²) < 4.78 is 0. The maximum atomic E-state index is 4.68. The highest BCUT2D eigenvalue weighted by atomic mass is 127. The van der Waals surface area contributed by atoms with Gasteiger partial charge in [0, 0.05) is 37.5 Å². The van der Waals surface area contributed by atoms with Crippen LogP contribution in [-0.4, -0.2) is 54.6 Å². The Balaban J connectivity index is 0.00000264. The third-order valence-electron chi connectivity index (χ3n) is 3.81. The minimum absolute atomic E-state index is 0. The van der Waals surface area contributed by atoms with E-state index in [1.54, 1.807) is 11.3 Å². The lowest BCUT2D eigenvalue weighted by Crippen LogP contribution is -2.39. The van der Waals surface area contributed by atoms with E-state index in [1.165, 1.54) is 12.8 Å². The molecule has 1 heterocycles. The topological polar surface area (TPSA) is 52.6 Å². The lowest BCUT2D eigenvalue weighted by molar-refractivity contribution is 0.286. The Morgan fingerprint density at radius 2 is 2.17 bits per heavy atom. The molecule has 5 nitrogen and oxygen atoms in total. The van der Waals surface area contributed by atoms with Gasteiger partial charge in [0.15, 0.2) is 5.96 Å². The van der Waals surface area contributed by atoms with Gasteiger partial charge in [-0.3, -0.25) is 9.89 Å². The molecule has 0 aromatic carbocycles. The van der Waals surface area contributed by atoms with E-state index in [0.29, 0.717) is 0 Å². The zero-order valence-corrected chi connectivity index (χ0v) is 17.6. The van der Waals surface area contributed by atoms with Crippen LogP contribution in [0, 0.1) is 6.92 Å². The Morgan fingerprint density at radius 1 is 1.39 bits per heavy atom. The van der Waals surface area contributed by atoms with Crippen LogP contribution in [0.2, 0.25) is 0 Å². The number of guanidine groups is 1. The van der Waals surface area contributed by atoms with E-state index >= 15 is 0 Å². The first kappa shape index (κ1) is 20.6. The van der Waals surface area contributed by atoms with Gasteiger partial charge in [0.2, 0.25) is 0 Å². The third kappa shape index (κ3) is 7.80. The molecule has 0 bridgehead atoms. The highest BCUT2D eigenvalue weighted by molar-refractivity contribution is 14.0. The summed E-state index contributed by atoms with van der Waals surface area (Å²) in [5.41, 5.74) is 1.16. The van der Waals surface area contributed by atoms with Gasteiger partial charge in [0.05, 0.1) is 17.2 Å². The van der Waals surface area contributed by atoms with Crippen molar-refractivity contribution in [2.24, 2.45) is 4.99 Å². The largest absolute Gasteiger partial charge is 0.357 e. The summed E-state index contributed by atoms with van der Waals surface area (Å²) in [6.45, 7) is 11.2. The van der Waals surface area contributed by atoms with E-state index in [2.05, 4.69) is 44.7 Å². The standard InChI is InChI=1S/C16H29N5S.HI/c1-4-17-16(18-9-8-14-12-22-13(3)20-14)19-10-11-21(5-2)15-6-7-15;/h12,15H,4-11H2,1-3H3,(H2,17,18,19);1H. The van der Waals surface area contributed by atoms with Crippen LogP contribution < -0.4 is 10.6 Å². The van der Waals surface area contributed by atoms with Crippen LogP contribution in [0.25, 0.3) is 0 Å². The molecule has 1 aliphatic rings. The minimum atomic E-state index is 0. The number of nitrogens with one attached hydrogen (secondary N) is 2. The molecule has 1 aromatic heterocycles. The Hall–Kier alpha value is -0.410. The number of halogens is 1. The molecule has 1 saturated carbocycles. The van der Waals surface area contributed by atoms with Crippen molar-refractivity contribution in [1.82, 2.24) is 20.5 Å². The summed E-state index contributed by atoms with van der Waals surface area (Å²) >= 11 is 1.71. The summed E-state index contributed by atoms with van der Waals surface area (Å²) in [5.74, 6) is 0.918. The fourth-order valence-electron chi connectivity index (χ4n) is 2.50. The third-order valence-corrected chi connectivity index (χ3v) is 4.63. The van der Waals surface area contributed by atoms with Crippen LogP contribution in [0.3, 0.4) is 0 Å². The van der Waals surface area contributed by atoms with Gasteiger partial charge in [-0.25, -0.2) is 4.98 Å². The van der Waals surface area contributed by atoms with Crippen molar-refractivity contribution in [3.05, 3.63) is 16.1 Å². The van der Waals surface area contributed by atoms with Crippen molar-refractivity contribution in [3.63, 3.8) is 0 Å². The Bertz CT molecular complexity index is 473. The molecule has 0 aliphatic heterocycles. The second-order valence-corrected chi connectivity index (χ2v) is 6.72. The molecule has 0 saturated heterocycles. The lowest BCUT2D eigenvalue weighted by Gasteiger charge is -2.18. The molecule has 2 N–H and O–H groups in total. The molecule has 1 aliphatic carbocycles. The van der Waals surface area contributed by atoms with Crippen LogP contribution >= 0.6 is 35.3 Å². The second kappa shape index (κ2) is 11.2. The van der Waals surface area contributed by atoms with Crippen molar-refractivity contribution in [2.45, 2.75) is 46.1 Å². The van der Waals surface area contributed by atoms with Gasteiger partial charge in [-0.1, -0.05) is 6.92 Å². The van der Waals surface area contributed by atoms with Gasteiger partial charge < -0.3 is 10.6 Å². The molecular weight excluding hydrogens is 421 g/mol. The molecule has 7 heteroatoms. The fraction of sp³-hybridized carbons (Fsp3) is 0.750. The number of thiazole rings is 1. The van der Waals surface area contributed by atoms with Crippen molar-refractivity contribution in [1.29, 1.82) is 0 Å². The SMILES string of the molecule is CCNC(=NCCN(CC)C1CC1)NCCc1csc(C)n1.I. The Kier molecular flexibility index (Phi) is 10.0. The zero-order valence-electron chi connectivity index (χ0n) is 14.5. The first-order valence-corrected chi connectivity index (χ1v) is 9.28. The van der Waals surface area contributed by atoms with Crippen molar-refractivity contribution in [2.75, 3.05) is 32.7 Å². The smallest absolute Gasteiger partial charge is 0.191 e. The second-order valence-electron chi connectivity index (χ2n) is 5.66. The normalized spacial score (nSPS) is 14.7. The molecule has 23 heavy (non-hydrogen) atoms. The highest BCUT2D eigenvalue weighted by Gasteiger charge is 2.27. The van der Waals surface area contributed by atoms with Crippen molar-refractivity contribution >= 4 is 41.3 Å². The monoisotopic (exact) mass is 451 g/mol. The summed E-state index contributed by atoms with van der Waals surface area (Å²) in [4.78, 5) is 11.7. The number of aliphatic imine (C=N–C) groups is 1. The van der Waals surface area contributed by atoms with Crippen LogP contribution in [0.15, 0.2) is 10.4 Å². The van der Waals surface area contributed by atoms with E-state index in [1.807, 2.05) is 6.92 Å². The molecule has 0 spiro atoms. The first-order valence-electron chi connectivity index (χ1n) is 8.40. The van der Waals surface area contributed by atoms with Gasteiger partial charge in [-0.05, 0) is 33.2 Å². The maximum Gasteiger partial charge on any atom is 0.191 e. The fourth-order valence-corrected chi connectivity index (χ4v) is 3.15. The average molecular weight is 451 g/mol. The number of likely N-dealkylation sites (N-methyl/N-ethyl adjacent to an activating group) is 1.